The highest BCUT2D eigenvalue weighted by atomic mass is 15.0. The molecule has 36 heavy (non-hydrogen) atoms. The third-order valence-electron chi connectivity index (χ3n) is 8.02. The lowest BCUT2D eigenvalue weighted by Crippen LogP contribution is -1.93. The van der Waals surface area contributed by atoms with Crippen LogP contribution in [-0.2, 0) is 0 Å². The first-order valence-corrected chi connectivity index (χ1v) is 12.5. The molecule has 0 amide bonds. The quantitative estimate of drug-likeness (QED) is 0.172. The van der Waals surface area contributed by atoms with Crippen LogP contribution in [0.4, 0.5) is 0 Å². The van der Waals surface area contributed by atoms with Crippen LogP contribution in [0.15, 0.2) is 121 Å². The zero-order chi connectivity index (χ0) is 23.4. The topological polar surface area (TPSA) is 9.34 Å². The van der Waals surface area contributed by atoms with Gasteiger partial charge in [0.05, 0.1) is 27.6 Å². The maximum Gasteiger partial charge on any atom is 0.0641 e. The molecule has 2 nitrogen and oxygen atoms in total. The maximum atomic E-state index is 2.54. The van der Waals surface area contributed by atoms with Crippen molar-refractivity contribution in [1.82, 2.24) is 8.97 Å². The molecule has 0 radical (unpaired) electrons. The van der Waals surface area contributed by atoms with Gasteiger partial charge < -0.3 is 8.97 Å². The highest BCUT2D eigenvalue weighted by molar-refractivity contribution is 6.33. The summed E-state index contributed by atoms with van der Waals surface area (Å²) in [7, 11) is 0. The summed E-state index contributed by atoms with van der Waals surface area (Å²) in [6.45, 7) is 0. The number of hydrogen-bond acceptors (Lipinski definition) is 0. The molecular formula is C34H20N2. The maximum absolute atomic E-state index is 2.54. The van der Waals surface area contributed by atoms with Gasteiger partial charge in [-0.15, -0.1) is 0 Å². The summed E-state index contributed by atoms with van der Waals surface area (Å²) in [6.07, 6.45) is 0. The van der Waals surface area contributed by atoms with E-state index in [1.165, 1.54) is 76.4 Å². The van der Waals surface area contributed by atoms with Crippen molar-refractivity contribution in [3.63, 3.8) is 0 Å². The first-order valence-electron chi connectivity index (χ1n) is 12.5. The Morgan fingerprint density at radius 3 is 1.89 bits per heavy atom. The van der Waals surface area contributed by atoms with Crippen LogP contribution in [0.1, 0.15) is 0 Å². The molecule has 0 atom stereocenters. The standard InChI is InChI=1S/C34H20N2/c1-2-10-22(11-3-1)35-29-16-7-5-13-27(29)32-30(35)20-19-26-25-18-17-21-9-8-14-24-23-12-4-6-15-28(23)36(34(26)32)33(25)31(21)24/h1-20H. The number of nitrogens with zero attached hydrogens (tertiary/aromatic N) is 2. The number of pyridine rings is 1. The highest BCUT2D eigenvalue weighted by Crippen LogP contribution is 2.45. The molecule has 3 heterocycles. The van der Waals surface area contributed by atoms with E-state index < -0.39 is 0 Å². The smallest absolute Gasteiger partial charge is 0.0641 e. The molecular weight excluding hydrogens is 436 g/mol. The molecule has 166 valence electrons. The zero-order valence-electron chi connectivity index (χ0n) is 19.4. The summed E-state index contributed by atoms with van der Waals surface area (Å²) in [5.41, 5.74) is 7.53. The van der Waals surface area contributed by atoms with Gasteiger partial charge in [-0.3, -0.25) is 0 Å². The number of rotatable bonds is 1. The van der Waals surface area contributed by atoms with Gasteiger partial charge in [0.15, 0.2) is 0 Å². The first kappa shape index (κ1) is 18.5. The van der Waals surface area contributed by atoms with Crippen molar-refractivity contribution >= 4 is 70.7 Å². The molecule has 9 rings (SSSR count). The van der Waals surface area contributed by atoms with Gasteiger partial charge in [0, 0.05) is 38.0 Å². The van der Waals surface area contributed by atoms with Crippen LogP contribution < -0.4 is 0 Å². The lowest BCUT2D eigenvalue weighted by atomic mass is 9.99. The minimum atomic E-state index is 1.19. The molecule has 0 saturated carbocycles. The molecule has 2 heteroatoms. The van der Waals surface area contributed by atoms with Crippen LogP contribution in [-0.4, -0.2) is 8.97 Å². The van der Waals surface area contributed by atoms with Gasteiger partial charge in [0.2, 0.25) is 0 Å². The lowest BCUT2D eigenvalue weighted by Gasteiger charge is -2.13. The number of fused-ring (bicyclic) bond motifs is 10. The SMILES string of the molecule is c1ccc(-n2c3ccccc3c3c2ccc2c4ccc5cccc6c7ccccc7n(c4c56)c23)cc1. The van der Waals surface area contributed by atoms with Crippen LogP contribution in [0.2, 0.25) is 0 Å². The number of para-hydroxylation sites is 3. The Kier molecular flexibility index (Phi) is 3.31. The molecule has 0 spiro atoms. The van der Waals surface area contributed by atoms with Crippen LogP contribution in [0.25, 0.3) is 76.4 Å². The Morgan fingerprint density at radius 2 is 1.03 bits per heavy atom. The van der Waals surface area contributed by atoms with Crippen molar-refractivity contribution in [2.75, 3.05) is 0 Å². The van der Waals surface area contributed by atoms with E-state index in [1.54, 1.807) is 0 Å². The first-order chi connectivity index (χ1) is 17.9. The van der Waals surface area contributed by atoms with E-state index in [9.17, 15) is 0 Å². The Balaban J connectivity index is 1.66. The Labute approximate surface area is 206 Å². The highest BCUT2D eigenvalue weighted by Gasteiger charge is 2.22. The van der Waals surface area contributed by atoms with Crippen LogP contribution >= 0.6 is 0 Å². The van der Waals surface area contributed by atoms with Gasteiger partial charge in [-0.2, -0.15) is 0 Å². The normalized spacial score (nSPS) is 12.4. The predicted octanol–water partition coefficient (Wildman–Crippen LogP) is 9.09. The summed E-state index contributed by atoms with van der Waals surface area (Å²) < 4.78 is 4.95. The van der Waals surface area contributed by atoms with E-state index in [-0.39, 0.29) is 0 Å². The summed E-state index contributed by atoms with van der Waals surface area (Å²) in [5.74, 6) is 0. The number of benzene rings is 6. The van der Waals surface area contributed by atoms with E-state index in [0.29, 0.717) is 0 Å². The fourth-order valence-electron chi connectivity index (χ4n) is 6.63. The van der Waals surface area contributed by atoms with Crippen molar-refractivity contribution in [3.05, 3.63) is 121 Å². The Hall–Kier alpha value is -4.82. The van der Waals surface area contributed by atoms with Crippen LogP contribution in [0, 0.1) is 0 Å². The fraction of sp³-hybridized carbons (Fsp3) is 0. The Bertz CT molecular complexity index is 2300. The van der Waals surface area contributed by atoms with E-state index in [2.05, 4.69) is 130 Å². The van der Waals surface area contributed by atoms with Gasteiger partial charge >= 0.3 is 0 Å². The molecule has 0 bridgehead atoms. The predicted molar refractivity (Wildman–Crippen MR) is 153 cm³/mol. The largest absolute Gasteiger partial charge is 0.309 e. The molecule has 0 aliphatic rings. The van der Waals surface area contributed by atoms with Gasteiger partial charge in [-0.25, -0.2) is 0 Å². The second kappa shape index (κ2) is 6.44. The van der Waals surface area contributed by atoms with Crippen molar-refractivity contribution < 1.29 is 0 Å². The van der Waals surface area contributed by atoms with Crippen molar-refractivity contribution in [3.8, 4) is 5.69 Å². The Morgan fingerprint density at radius 1 is 0.361 bits per heavy atom. The van der Waals surface area contributed by atoms with E-state index in [1.807, 2.05) is 0 Å². The van der Waals surface area contributed by atoms with Gasteiger partial charge in [-0.1, -0.05) is 91.0 Å². The summed E-state index contributed by atoms with van der Waals surface area (Å²) in [6, 6.07) is 44.4. The molecule has 0 aliphatic carbocycles. The van der Waals surface area contributed by atoms with Crippen molar-refractivity contribution in [2.45, 2.75) is 0 Å². The number of aromatic nitrogens is 2. The van der Waals surface area contributed by atoms with Crippen LogP contribution in [0.3, 0.4) is 0 Å². The number of hydrogen-bond donors (Lipinski definition) is 0. The average Bonchev–Trinajstić information content (AvgIpc) is 3.46. The minimum absolute atomic E-state index is 1.19. The summed E-state index contributed by atoms with van der Waals surface area (Å²) in [5, 5.41) is 10.5. The molecule has 3 aromatic heterocycles. The zero-order valence-corrected chi connectivity index (χ0v) is 19.4. The van der Waals surface area contributed by atoms with Crippen LogP contribution in [0.5, 0.6) is 0 Å². The van der Waals surface area contributed by atoms with Crippen molar-refractivity contribution in [2.24, 2.45) is 0 Å². The molecule has 0 N–H and O–H groups in total. The molecule has 9 aromatic rings. The third-order valence-corrected chi connectivity index (χ3v) is 8.02. The molecule has 0 unspecified atom stereocenters. The fourth-order valence-corrected chi connectivity index (χ4v) is 6.63. The average molecular weight is 457 g/mol. The van der Waals surface area contributed by atoms with Crippen molar-refractivity contribution in [1.29, 1.82) is 0 Å². The van der Waals surface area contributed by atoms with E-state index >= 15 is 0 Å². The minimum Gasteiger partial charge on any atom is -0.309 e. The van der Waals surface area contributed by atoms with E-state index in [0.717, 1.165) is 0 Å². The summed E-state index contributed by atoms with van der Waals surface area (Å²) in [4.78, 5) is 0. The van der Waals surface area contributed by atoms with Gasteiger partial charge in [0.25, 0.3) is 0 Å². The molecule has 0 saturated heterocycles. The van der Waals surface area contributed by atoms with E-state index in [4.69, 9.17) is 0 Å². The second-order valence-electron chi connectivity index (χ2n) is 9.76. The lowest BCUT2D eigenvalue weighted by molar-refractivity contribution is 1.18. The molecule has 0 fully saturated rings. The molecule has 0 aliphatic heterocycles. The second-order valence-corrected chi connectivity index (χ2v) is 9.76. The monoisotopic (exact) mass is 456 g/mol. The third kappa shape index (κ3) is 2.09. The van der Waals surface area contributed by atoms with Gasteiger partial charge in [-0.05, 0) is 41.1 Å². The van der Waals surface area contributed by atoms with Gasteiger partial charge in [0.1, 0.15) is 0 Å². The summed E-state index contributed by atoms with van der Waals surface area (Å²) >= 11 is 0. The molecule has 6 aromatic carbocycles.